The van der Waals surface area contributed by atoms with Crippen molar-refractivity contribution in [2.75, 3.05) is 26.2 Å². The maximum atomic E-state index is 12.4. The van der Waals surface area contributed by atoms with Crippen LogP contribution in [-0.4, -0.2) is 60.0 Å². The molecule has 1 aromatic carbocycles. The Bertz CT molecular complexity index is 843. The molecule has 1 fully saturated rings. The number of phenols is 1. The minimum Gasteiger partial charge on any atom is -0.508 e. The number of benzene rings is 1. The van der Waals surface area contributed by atoms with Gasteiger partial charge in [0.25, 0.3) is 0 Å². The molecule has 0 bridgehead atoms. The second-order valence-electron chi connectivity index (χ2n) is 6.16. The molecule has 1 aliphatic heterocycles. The monoisotopic (exact) mass is 379 g/mol. The van der Waals surface area contributed by atoms with E-state index in [4.69, 9.17) is 0 Å². The average molecular weight is 379 g/mol. The number of phenolic OH excluding ortho intramolecular Hbond substituents is 1. The second kappa shape index (κ2) is 7.88. The van der Waals surface area contributed by atoms with E-state index in [1.165, 1.54) is 16.6 Å². The lowest BCUT2D eigenvalue weighted by molar-refractivity contribution is -0.132. The lowest BCUT2D eigenvalue weighted by Crippen LogP contribution is -2.50. The van der Waals surface area contributed by atoms with Crippen LogP contribution in [-0.2, 0) is 27.0 Å². The summed E-state index contributed by atoms with van der Waals surface area (Å²) in [6.07, 6.45) is 2.07. The molecule has 0 atom stereocenters. The number of aromatic nitrogens is 1. The normalized spacial score (nSPS) is 15.9. The highest BCUT2D eigenvalue weighted by Gasteiger charge is 2.29. The van der Waals surface area contributed by atoms with Gasteiger partial charge in [0, 0.05) is 38.7 Å². The summed E-state index contributed by atoms with van der Waals surface area (Å²) in [6.45, 7) is 1.25. The number of sulfonamides is 1. The van der Waals surface area contributed by atoms with Gasteiger partial charge in [0.15, 0.2) is 0 Å². The highest BCUT2D eigenvalue weighted by molar-refractivity contribution is 7.88. The molecule has 2 aromatic rings. The summed E-state index contributed by atoms with van der Waals surface area (Å²) in [7, 11) is -3.48. The molecule has 1 aliphatic rings. The number of para-hydroxylation sites is 1. The zero-order valence-corrected chi connectivity index (χ0v) is 15.1. The number of hydrogen-bond donors (Lipinski definition) is 1. The van der Waals surface area contributed by atoms with Crippen LogP contribution < -0.4 is 0 Å². The van der Waals surface area contributed by atoms with E-state index in [1.807, 2.05) is 6.07 Å². The Kier molecular flexibility index (Phi) is 5.58. The fourth-order valence-corrected chi connectivity index (χ4v) is 4.35. The number of nitrogens with zero attached hydrogens (tertiary/aromatic N) is 3. The summed E-state index contributed by atoms with van der Waals surface area (Å²) in [5.41, 5.74) is 1.10. The maximum absolute atomic E-state index is 12.4. The van der Waals surface area contributed by atoms with Crippen molar-refractivity contribution in [1.82, 2.24) is 14.4 Å². The maximum Gasteiger partial charge on any atom is 0.222 e. The molecule has 1 saturated heterocycles. The molecule has 0 aliphatic carbocycles. The fourth-order valence-electron chi connectivity index (χ4n) is 2.93. The van der Waals surface area contributed by atoms with E-state index in [-0.39, 0.29) is 36.9 Å². The number of amides is 1. The van der Waals surface area contributed by atoms with E-state index in [0.717, 1.165) is 5.56 Å². The molecule has 26 heavy (non-hydrogen) atoms. The Labute approximate surface area is 152 Å². The first kappa shape index (κ1) is 18.4. The average Bonchev–Trinajstić information content (AvgIpc) is 3.13. The van der Waals surface area contributed by atoms with Crippen molar-refractivity contribution in [2.45, 2.75) is 18.6 Å². The van der Waals surface area contributed by atoms with Crippen LogP contribution in [0.3, 0.4) is 0 Å². The predicted molar refractivity (Wildman–Crippen MR) is 93.7 cm³/mol. The van der Waals surface area contributed by atoms with E-state index >= 15 is 0 Å². The highest BCUT2D eigenvalue weighted by atomic mass is 32.2. The third-order valence-corrected chi connectivity index (χ3v) is 6.22. The standard InChI is InChI=1S/C17H21N3O5S/c21-16-4-2-1-3-14(16)5-6-17(22)19-8-10-20(11-9-19)26(23,24)13-15-7-12-25-18-15/h1-4,7,12,21H,5-6,8-11,13H2. The first-order valence-electron chi connectivity index (χ1n) is 8.37. The molecule has 3 rings (SSSR count). The molecular formula is C17H21N3O5S. The Morgan fingerprint density at radius 3 is 2.54 bits per heavy atom. The van der Waals surface area contributed by atoms with Crippen molar-refractivity contribution in [1.29, 1.82) is 0 Å². The summed E-state index contributed by atoms with van der Waals surface area (Å²) in [6, 6.07) is 8.46. The van der Waals surface area contributed by atoms with Crippen molar-refractivity contribution in [2.24, 2.45) is 0 Å². The number of aryl methyl sites for hydroxylation is 1. The minimum absolute atomic E-state index is 0.0400. The Morgan fingerprint density at radius 2 is 1.88 bits per heavy atom. The Balaban J connectivity index is 1.50. The van der Waals surface area contributed by atoms with E-state index < -0.39 is 10.0 Å². The van der Waals surface area contributed by atoms with E-state index in [0.29, 0.717) is 25.2 Å². The highest BCUT2D eigenvalue weighted by Crippen LogP contribution is 2.18. The van der Waals surface area contributed by atoms with Gasteiger partial charge in [-0.3, -0.25) is 4.79 Å². The van der Waals surface area contributed by atoms with Gasteiger partial charge >= 0.3 is 0 Å². The first-order chi connectivity index (χ1) is 12.5. The van der Waals surface area contributed by atoms with Gasteiger partial charge in [-0.2, -0.15) is 4.31 Å². The summed E-state index contributed by atoms with van der Waals surface area (Å²) in [5.74, 6) is -0.0593. The molecule has 0 radical (unpaired) electrons. The third kappa shape index (κ3) is 4.41. The Hall–Kier alpha value is -2.39. The van der Waals surface area contributed by atoms with E-state index in [1.54, 1.807) is 23.1 Å². The van der Waals surface area contributed by atoms with Crippen LogP contribution in [0.2, 0.25) is 0 Å². The predicted octanol–water partition coefficient (Wildman–Crippen LogP) is 0.987. The number of hydrogen-bond acceptors (Lipinski definition) is 6. The summed E-state index contributed by atoms with van der Waals surface area (Å²) >= 11 is 0. The van der Waals surface area contributed by atoms with Crippen LogP contribution in [0.5, 0.6) is 5.75 Å². The molecule has 0 spiro atoms. The van der Waals surface area contributed by atoms with Gasteiger partial charge in [0.05, 0.1) is 5.69 Å². The van der Waals surface area contributed by atoms with Crippen LogP contribution in [0.1, 0.15) is 17.7 Å². The molecule has 1 N–H and O–H groups in total. The minimum atomic E-state index is -3.48. The molecule has 0 unspecified atom stereocenters. The van der Waals surface area contributed by atoms with Crippen LogP contribution >= 0.6 is 0 Å². The largest absolute Gasteiger partial charge is 0.508 e. The molecule has 9 heteroatoms. The number of rotatable bonds is 6. The van der Waals surface area contributed by atoms with Crippen molar-refractivity contribution in [3.63, 3.8) is 0 Å². The zero-order valence-electron chi connectivity index (χ0n) is 14.2. The second-order valence-corrected chi connectivity index (χ2v) is 8.12. The lowest BCUT2D eigenvalue weighted by atomic mass is 10.1. The summed E-state index contributed by atoms with van der Waals surface area (Å²) in [5, 5.41) is 13.4. The van der Waals surface area contributed by atoms with Gasteiger partial charge < -0.3 is 14.5 Å². The third-order valence-electron chi connectivity index (χ3n) is 4.41. The van der Waals surface area contributed by atoms with Gasteiger partial charge in [0.1, 0.15) is 17.8 Å². The van der Waals surface area contributed by atoms with Gasteiger partial charge in [-0.05, 0) is 18.1 Å². The number of carbonyl (C=O) groups excluding carboxylic acids is 1. The summed E-state index contributed by atoms with van der Waals surface area (Å²) < 4.78 is 30.8. The van der Waals surface area contributed by atoms with Crippen molar-refractivity contribution >= 4 is 15.9 Å². The van der Waals surface area contributed by atoms with Crippen molar-refractivity contribution in [3.8, 4) is 5.75 Å². The molecule has 1 aromatic heterocycles. The van der Waals surface area contributed by atoms with E-state index in [2.05, 4.69) is 9.68 Å². The van der Waals surface area contributed by atoms with Gasteiger partial charge in [-0.25, -0.2) is 8.42 Å². The van der Waals surface area contributed by atoms with Crippen molar-refractivity contribution < 1.29 is 22.8 Å². The smallest absolute Gasteiger partial charge is 0.222 e. The first-order valence-corrected chi connectivity index (χ1v) is 9.98. The lowest BCUT2D eigenvalue weighted by Gasteiger charge is -2.34. The Morgan fingerprint density at radius 1 is 1.15 bits per heavy atom. The van der Waals surface area contributed by atoms with Crippen LogP contribution in [0.25, 0.3) is 0 Å². The quantitative estimate of drug-likeness (QED) is 0.803. The summed E-state index contributed by atoms with van der Waals surface area (Å²) in [4.78, 5) is 14.0. The van der Waals surface area contributed by atoms with Gasteiger partial charge in [0.2, 0.25) is 15.9 Å². The molecule has 1 amide bonds. The molecule has 8 nitrogen and oxygen atoms in total. The topological polar surface area (TPSA) is 104 Å². The number of piperazine rings is 1. The zero-order chi connectivity index (χ0) is 18.6. The van der Waals surface area contributed by atoms with Crippen molar-refractivity contribution in [3.05, 3.63) is 47.9 Å². The SMILES string of the molecule is O=C(CCc1ccccc1O)N1CCN(S(=O)(=O)Cc2ccon2)CC1. The molecule has 2 heterocycles. The van der Waals surface area contributed by atoms with Gasteiger partial charge in [-0.15, -0.1) is 0 Å². The molecule has 0 saturated carbocycles. The fraction of sp³-hybridized carbons (Fsp3) is 0.412. The van der Waals surface area contributed by atoms with Crippen LogP contribution in [0, 0.1) is 0 Å². The van der Waals surface area contributed by atoms with Crippen LogP contribution in [0.15, 0.2) is 41.1 Å². The van der Waals surface area contributed by atoms with Crippen LogP contribution in [0.4, 0.5) is 0 Å². The number of carbonyl (C=O) groups is 1. The van der Waals surface area contributed by atoms with E-state index in [9.17, 15) is 18.3 Å². The molecule has 140 valence electrons. The molecular weight excluding hydrogens is 358 g/mol. The number of aromatic hydroxyl groups is 1. The van der Waals surface area contributed by atoms with Gasteiger partial charge in [-0.1, -0.05) is 23.4 Å².